The van der Waals surface area contributed by atoms with Crippen molar-refractivity contribution in [2.24, 2.45) is 0 Å². The van der Waals surface area contributed by atoms with Gasteiger partial charge >= 0.3 is 0 Å². The Kier molecular flexibility index (Phi) is 6.63. The van der Waals surface area contributed by atoms with Gasteiger partial charge in [-0.25, -0.2) is 13.9 Å². The van der Waals surface area contributed by atoms with Crippen LogP contribution in [0.15, 0.2) is 58.0 Å². The van der Waals surface area contributed by atoms with Gasteiger partial charge in [0.05, 0.1) is 6.61 Å². The lowest BCUT2D eigenvalue weighted by molar-refractivity contribution is -0.131. The van der Waals surface area contributed by atoms with Crippen molar-refractivity contribution in [2.45, 2.75) is 31.2 Å². The number of aliphatic hydroxyl groups is 1. The summed E-state index contributed by atoms with van der Waals surface area (Å²) in [5.41, 5.74) is 3.64. The number of hydrogen-bond donors (Lipinski definition) is 3. The molecule has 0 saturated heterocycles. The lowest BCUT2D eigenvalue weighted by Crippen LogP contribution is -2.49. The zero-order chi connectivity index (χ0) is 23.5. The number of aryl methyl sites for hydroxylation is 1. The van der Waals surface area contributed by atoms with E-state index in [4.69, 9.17) is 14.8 Å². The van der Waals surface area contributed by atoms with Crippen LogP contribution >= 0.6 is 0 Å². The van der Waals surface area contributed by atoms with Gasteiger partial charge in [0.15, 0.2) is 20.3 Å². The van der Waals surface area contributed by atoms with E-state index >= 15 is 0 Å². The second-order valence-electron chi connectivity index (χ2n) is 7.56. The highest BCUT2D eigenvalue weighted by atomic mass is 32.2. The third-order valence-electron chi connectivity index (χ3n) is 5.45. The first kappa shape index (κ1) is 23.4. The van der Waals surface area contributed by atoms with Gasteiger partial charge in [0, 0.05) is 36.7 Å². The molecule has 2 heterocycles. The number of carbonyl (C=O) groups is 1. The van der Waals surface area contributed by atoms with Gasteiger partial charge in [0.2, 0.25) is 0 Å². The normalized spacial score (nSPS) is 13.5. The summed E-state index contributed by atoms with van der Waals surface area (Å²) < 4.78 is 28.7. The SMILES string of the molecule is CC(CCn1ccc(-c2ccc(-c3cc(CO)no3)cc2)cc1=O)(C(=O)NO)S(C)(=O)=O. The van der Waals surface area contributed by atoms with Crippen LogP contribution in [0.1, 0.15) is 19.0 Å². The molecule has 0 radical (unpaired) electrons. The fourth-order valence-corrected chi connectivity index (χ4v) is 3.99. The number of nitrogens with one attached hydrogen (secondary N) is 1. The van der Waals surface area contributed by atoms with E-state index in [1.54, 1.807) is 24.3 Å². The monoisotopic (exact) mass is 461 g/mol. The van der Waals surface area contributed by atoms with Crippen molar-refractivity contribution in [3.8, 4) is 22.5 Å². The van der Waals surface area contributed by atoms with E-state index < -0.39 is 20.5 Å². The highest BCUT2D eigenvalue weighted by Crippen LogP contribution is 2.25. The lowest BCUT2D eigenvalue weighted by atomic mass is 10.0. The Morgan fingerprint density at radius 2 is 1.81 bits per heavy atom. The number of rotatable bonds is 8. The number of hydrogen-bond acceptors (Lipinski definition) is 8. The maximum absolute atomic E-state index is 12.6. The van der Waals surface area contributed by atoms with E-state index in [1.165, 1.54) is 29.2 Å². The average Bonchev–Trinajstić information content (AvgIpc) is 3.26. The second kappa shape index (κ2) is 9.07. The topological polar surface area (TPSA) is 152 Å². The van der Waals surface area contributed by atoms with Crippen molar-refractivity contribution >= 4 is 15.7 Å². The van der Waals surface area contributed by atoms with E-state index in [1.807, 2.05) is 12.1 Å². The summed E-state index contributed by atoms with van der Waals surface area (Å²) in [5.74, 6) is -0.542. The first-order valence-corrected chi connectivity index (χ1v) is 11.5. The molecule has 2 aromatic heterocycles. The molecular weight excluding hydrogens is 438 g/mol. The number of amides is 1. The van der Waals surface area contributed by atoms with Crippen molar-refractivity contribution in [2.75, 3.05) is 6.26 Å². The molecule has 0 aliphatic heterocycles. The summed E-state index contributed by atoms with van der Waals surface area (Å²) in [6.07, 6.45) is 2.23. The second-order valence-corrected chi connectivity index (χ2v) is 10.0. The van der Waals surface area contributed by atoms with Crippen molar-refractivity contribution in [1.82, 2.24) is 15.2 Å². The van der Waals surface area contributed by atoms with Crippen molar-refractivity contribution in [1.29, 1.82) is 0 Å². The van der Waals surface area contributed by atoms with Crippen LogP contribution in [0, 0.1) is 0 Å². The number of sulfone groups is 1. The molecule has 1 unspecified atom stereocenters. The molecule has 0 spiro atoms. The summed E-state index contributed by atoms with van der Waals surface area (Å²) in [5, 5.41) is 21.7. The minimum Gasteiger partial charge on any atom is -0.390 e. The molecule has 170 valence electrons. The van der Waals surface area contributed by atoms with Gasteiger partial charge in [-0.1, -0.05) is 29.4 Å². The lowest BCUT2D eigenvalue weighted by Gasteiger charge is -2.25. The largest absolute Gasteiger partial charge is 0.390 e. The molecule has 0 aliphatic carbocycles. The molecule has 1 aromatic carbocycles. The Morgan fingerprint density at radius 3 is 2.34 bits per heavy atom. The molecule has 0 bridgehead atoms. The number of hydroxylamine groups is 1. The number of aliphatic hydroxyl groups excluding tert-OH is 1. The zero-order valence-electron chi connectivity index (χ0n) is 17.5. The minimum atomic E-state index is -3.85. The molecule has 0 aliphatic rings. The summed E-state index contributed by atoms with van der Waals surface area (Å²) in [6, 6.07) is 12.0. The van der Waals surface area contributed by atoms with Gasteiger partial charge in [0.25, 0.3) is 11.5 Å². The number of pyridine rings is 1. The van der Waals surface area contributed by atoms with Crippen LogP contribution in [0.5, 0.6) is 0 Å². The highest BCUT2D eigenvalue weighted by Gasteiger charge is 2.43. The smallest absolute Gasteiger partial charge is 0.264 e. The van der Waals surface area contributed by atoms with Gasteiger partial charge in [-0.15, -0.1) is 0 Å². The quantitative estimate of drug-likeness (QED) is 0.336. The molecule has 0 fully saturated rings. The maximum Gasteiger partial charge on any atom is 0.264 e. The minimum absolute atomic E-state index is 0.0340. The molecule has 1 atom stereocenters. The molecule has 3 aromatic rings. The van der Waals surface area contributed by atoms with Gasteiger partial charge < -0.3 is 14.2 Å². The molecular formula is C21H23N3O7S. The van der Waals surface area contributed by atoms with Crippen molar-refractivity contribution in [3.63, 3.8) is 0 Å². The standard InChI is InChI=1S/C21H23N3O7S/c1-21(20(27)22-28,32(2,29)30)8-10-24-9-7-16(11-19(24)26)14-3-5-15(6-4-14)18-12-17(13-25)23-31-18/h3-7,9,11-12,25,28H,8,10,13H2,1-2H3,(H,22,27). The Hall–Kier alpha value is -3.28. The number of nitrogens with zero attached hydrogens (tertiary/aromatic N) is 2. The van der Waals surface area contributed by atoms with Crippen LogP contribution in [0.4, 0.5) is 0 Å². The highest BCUT2D eigenvalue weighted by molar-refractivity contribution is 7.92. The van der Waals surface area contributed by atoms with Gasteiger partial charge in [-0.05, 0) is 30.5 Å². The van der Waals surface area contributed by atoms with E-state index in [-0.39, 0.29) is 25.1 Å². The predicted molar refractivity (Wildman–Crippen MR) is 115 cm³/mol. The predicted octanol–water partition coefficient (Wildman–Crippen LogP) is 1.36. The molecule has 3 N–H and O–H groups in total. The average molecular weight is 461 g/mol. The van der Waals surface area contributed by atoms with Gasteiger partial charge in [-0.3, -0.25) is 14.8 Å². The van der Waals surface area contributed by atoms with Crippen molar-refractivity contribution in [3.05, 3.63) is 64.7 Å². The summed E-state index contributed by atoms with van der Waals surface area (Å²) in [4.78, 5) is 24.5. The Balaban J connectivity index is 1.79. The number of carbonyl (C=O) groups excluding carboxylic acids is 1. The van der Waals surface area contributed by atoms with Crippen LogP contribution in [-0.4, -0.2) is 45.4 Å². The molecule has 1 amide bonds. The van der Waals surface area contributed by atoms with E-state index in [2.05, 4.69) is 5.16 Å². The van der Waals surface area contributed by atoms with Crippen LogP contribution in [0.3, 0.4) is 0 Å². The molecule has 3 rings (SSSR count). The summed E-state index contributed by atoms with van der Waals surface area (Å²) in [6.45, 7) is 0.951. The first-order valence-electron chi connectivity index (χ1n) is 9.61. The van der Waals surface area contributed by atoms with Crippen LogP contribution in [0.2, 0.25) is 0 Å². The maximum atomic E-state index is 12.6. The Labute approximate surface area is 184 Å². The van der Waals surface area contributed by atoms with Crippen LogP contribution < -0.4 is 11.0 Å². The van der Waals surface area contributed by atoms with Crippen LogP contribution in [-0.2, 0) is 27.8 Å². The molecule has 11 heteroatoms. The summed E-state index contributed by atoms with van der Waals surface area (Å²) >= 11 is 0. The molecule has 32 heavy (non-hydrogen) atoms. The fraction of sp³-hybridized carbons (Fsp3) is 0.286. The van der Waals surface area contributed by atoms with Gasteiger partial charge in [0.1, 0.15) is 5.69 Å². The molecule has 0 saturated carbocycles. The number of aromatic nitrogens is 2. The zero-order valence-corrected chi connectivity index (χ0v) is 18.3. The van der Waals surface area contributed by atoms with E-state index in [0.29, 0.717) is 17.0 Å². The van der Waals surface area contributed by atoms with Crippen molar-refractivity contribution < 1.29 is 28.0 Å². The van der Waals surface area contributed by atoms with E-state index in [9.17, 15) is 18.0 Å². The summed E-state index contributed by atoms with van der Waals surface area (Å²) in [7, 11) is -3.85. The third-order valence-corrected chi connectivity index (χ3v) is 7.48. The van der Waals surface area contributed by atoms with Gasteiger partial charge in [-0.2, -0.15) is 0 Å². The van der Waals surface area contributed by atoms with Crippen LogP contribution in [0.25, 0.3) is 22.5 Å². The number of benzene rings is 1. The third kappa shape index (κ3) is 4.64. The molecule has 10 nitrogen and oxygen atoms in total. The Bertz CT molecular complexity index is 1280. The first-order chi connectivity index (χ1) is 15.1. The van der Waals surface area contributed by atoms with E-state index in [0.717, 1.165) is 17.4 Å². The fourth-order valence-electron chi connectivity index (χ4n) is 3.14. The Morgan fingerprint density at radius 1 is 1.16 bits per heavy atom.